The highest BCUT2D eigenvalue weighted by Crippen LogP contribution is 2.29. The Kier molecular flexibility index (Phi) is 7.33. The van der Waals surface area contributed by atoms with E-state index in [2.05, 4.69) is 5.32 Å². The standard InChI is InChI=1S/C19H20Cl2N2O4/c1-23(11-17(24)22-19-14(20)5-4-6-15(19)21)18(25)9-12-7-8-13(26-2)10-16(12)27-3/h4-8,10H,9,11H2,1-3H3,(H,22,24). The summed E-state index contributed by atoms with van der Waals surface area (Å²) in [5.41, 5.74) is 1.02. The Morgan fingerprint density at radius 3 is 2.33 bits per heavy atom. The van der Waals surface area contributed by atoms with Crippen LogP contribution in [-0.2, 0) is 16.0 Å². The van der Waals surface area contributed by atoms with Crippen molar-refractivity contribution in [3.8, 4) is 11.5 Å². The van der Waals surface area contributed by atoms with E-state index in [4.69, 9.17) is 32.7 Å². The molecule has 0 bridgehead atoms. The highest BCUT2D eigenvalue weighted by molar-refractivity contribution is 6.39. The van der Waals surface area contributed by atoms with E-state index in [1.807, 2.05) is 0 Å². The van der Waals surface area contributed by atoms with Gasteiger partial charge in [-0.2, -0.15) is 0 Å². The fourth-order valence-electron chi connectivity index (χ4n) is 2.40. The van der Waals surface area contributed by atoms with Crippen LogP contribution in [0.1, 0.15) is 5.56 Å². The van der Waals surface area contributed by atoms with Crippen LogP contribution < -0.4 is 14.8 Å². The molecule has 2 rings (SSSR count). The fourth-order valence-corrected chi connectivity index (χ4v) is 2.89. The second-order valence-electron chi connectivity index (χ2n) is 5.75. The maximum atomic E-state index is 12.5. The van der Waals surface area contributed by atoms with E-state index < -0.39 is 5.91 Å². The molecule has 0 radical (unpaired) electrons. The van der Waals surface area contributed by atoms with Gasteiger partial charge < -0.3 is 19.7 Å². The van der Waals surface area contributed by atoms with Crippen molar-refractivity contribution in [2.75, 3.05) is 33.1 Å². The number of hydrogen-bond donors (Lipinski definition) is 1. The normalized spacial score (nSPS) is 10.3. The van der Waals surface area contributed by atoms with Gasteiger partial charge in [-0.15, -0.1) is 0 Å². The zero-order valence-corrected chi connectivity index (χ0v) is 16.7. The van der Waals surface area contributed by atoms with Gasteiger partial charge in [0.15, 0.2) is 0 Å². The summed E-state index contributed by atoms with van der Waals surface area (Å²) >= 11 is 12.1. The number of benzene rings is 2. The minimum Gasteiger partial charge on any atom is -0.497 e. The number of para-hydroxylation sites is 1. The molecule has 0 aliphatic rings. The van der Waals surface area contributed by atoms with Gasteiger partial charge in [0.2, 0.25) is 11.8 Å². The summed E-state index contributed by atoms with van der Waals surface area (Å²) in [5, 5.41) is 3.28. The molecule has 0 aliphatic carbocycles. The number of carbonyl (C=O) groups is 2. The molecule has 1 N–H and O–H groups in total. The summed E-state index contributed by atoms with van der Waals surface area (Å²) in [6, 6.07) is 10.1. The largest absolute Gasteiger partial charge is 0.497 e. The zero-order valence-electron chi connectivity index (χ0n) is 15.2. The molecule has 0 fully saturated rings. The van der Waals surface area contributed by atoms with Crippen molar-refractivity contribution in [1.82, 2.24) is 4.90 Å². The number of nitrogens with zero attached hydrogens (tertiary/aromatic N) is 1. The van der Waals surface area contributed by atoms with Crippen LogP contribution in [0.25, 0.3) is 0 Å². The van der Waals surface area contributed by atoms with E-state index in [-0.39, 0.29) is 18.9 Å². The van der Waals surface area contributed by atoms with Gasteiger partial charge in [-0.3, -0.25) is 9.59 Å². The third-order valence-electron chi connectivity index (χ3n) is 3.87. The molecule has 0 saturated carbocycles. The second-order valence-corrected chi connectivity index (χ2v) is 6.56. The molecule has 0 aromatic heterocycles. The number of halogens is 2. The number of ether oxygens (including phenoxy) is 2. The van der Waals surface area contributed by atoms with Crippen LogP contribution in [0.5, 0.6) is 11.5 Å². The van der Waals surface area contributed by atoms with Crippen LogP contribution in [0.2, 0.25) is 10.0 Å². The highest BCUT2D eigenvalue weighted by atomic mass is 35.5. The first-order valence-electron chi connectivity index (χ1n) is 8.04. The summed E-state index contributed by atoms with van der Waals surface area (Å²) < 4.78 is 10.4. The average Bonchev–Trinajstić information content (AvgIpc) is 2.65. The Bertz CT molecular complexity index is 822. The minimum atomic E-state index is -0.400. The maximum Gasteiger partial charge on any atom is 0.244 e. The van der Waals surface area contributed by atoms with Crippen molar-refractivity contribution in [2.24, 2.45) is 0 Å². The van der Waals surface area contributed by atoms with E-state index in [9.17, 15) is 9.59 Å². The van der Waals surface area contributed by atoms with Crippen molar-refractivity contribution >= 4 is 40.7 Å². The Morgan fingerprint density at radius 2 is 1.74 bits per heavy atom. The molecule has 0 aliphatic heterocycles. The molecule has 8 heteroatoms. The lowest BCUT2D eigenvalue weighted by atomic mass is 10.1. The molecule has 144 valence electrons. The van der Waals surface area contributed by atoms with E-state index in [0.29, 0.717) is 32.8 Å². The number of likely N-dealkylation sites (N-methyl/N-ethyl adjacent to an activating group) is 1. The molecule has 27 heavy (non-hydrogen) atoms. The molecular weight excluding hydrogens is 391 g/mol. The van der Waals surface area contributed by atoms with Gasteiger partial charge in [0.25, 0.3) is 0 Å². The number of amides is 2. The fraction of sp³-hybridized carbons (Fsp3) is 0.263. The van der Waals surface area contributed by atoms with E-state index in [0.717, 1.165) is 0 Å². The summed E-state index contributed by atoms with van der Waals surface area (Å²) in [6.07, 6.45) is 0.0871. The van der Waals surface area contributed by atoms with Crippen molar-refractivity contribution in [3.05, 3.63) is 52.0 Å². The van der Waals surface area contributed by atoms with Crippen LogP contribution in [0.3, 0.4) is 0 Å². The monoisotopic (exact) mass is 410 g/mol. The van der Waals surface area contributed by atoms with Crippen LogP contribution >= 0.6 is 23.2 Å². The lowest BCUT2D eigenvalue weighted by molar-refractivity contribution is -0.132. The third kappa shape index (κ3) is 5.52. The van der Waals surface area contributed by atoms with Gasteiger partial charge in [0.05, 0.1) is 42.9 Å². The second kappa shape index (κ2) is 9.48. The number of hydrogen-bond acceptors (Lipinski definition) is 4. The SMILES string of the molecule is COc1ccc(CC(=O)N(C)CC(=O)Nc2c(Cl)cccc2Cl)c(OC)c1. The predicted molar refractivity (Wildman–Crippen MR) is 106 cm³/mol. The topological polar surface area (TPSA) is 67.9 Å². The number of nitrogens with one attached hydrogen (secondary N) is 1. The quantitative estimate of drug-likeness (QED) is 0.756. The maximum absolute atomic E-state index is 12.5. The van der Waals surface area contributed by atoms with E-state index in [1.54, 1.807) is 50.6 Å². The molecule has 0 heterocycles. The molecule has 0 unspecified atom stereocenters. The smallest absolute Gasteiger partial charge is 0.244 e. The lowest BCUT2D eigenvalue weighted by Gasteiger charge is -2.18. The number of methoxy groups -OCH3 is 2. The Balaban J connectivity index is 2.00. The molecule has 6 nitrogen and oxygen atoms in total. The van der Waals surface area contributed by atoms with Gasteiger partial charge in [-0.05, 0) is 18.2 Å². The van der Waals surface area contributed by atoms with Crippen molar-refractivity contribution in [1.29, 1.82) is 0 Å². The third-order valence-corrected chi connectivity index (χ3v) is 4.50. The molecule has 2 aromatic carbocycles. The number of carbonyl (C=O) groups excluding carboxylic acids is 2. The van der Waals surface area contributed by atoms with Gasteiger partial charge in [-0.1, -0.05) is 35.3 Å². The average molecular weight is 411 g/mol. The first kappa shape index (κ1) is 20.9. The number of rotatable bonds is 7. The lowest BCUT2D eigenvalue weighted by Crippen LogP contribution is -2.36. The Labute approximate surface area is 168 Å². The summed E-state index contributed by atoms with van der Waals surface area (Å²) in [7, 11) is 4.62. The Hall–Kier alpha value is -2.44. The summed E-state index contributed by atoms with van der Waals surface area (Å²) in [4.78, 5) is 26.0. The minimum absolute atomic E-state index is 0.0871. The predicted octanol–water partition coefficient (Wildman–Crippen LogP) is 3.65. The van der Waals surface area contributed by atoms with Crippen molar-refractivity contribution in [2.45, 2.75) is 6.42 Å². The Morgan fingerprint density at radius 1 is 1.07 bits per heavy atom. The van der Waals surface area contributed by atoms with Crippen LogP contribution in [0.4, 0.5) is 5.69 Å². The molecule has 2 aromatic rings. The summed E-state index contributed by atoms with van der Waals surface area (Å²) in [5.74, 6) is 0.539. The van der Waals surface area contributed by atoms with E-state index in [1.165, 1.54) is 12.0 Å². The van der Waals surface area contributed by atoms with Gasteiger partial charge in [0, 0.05) is 18.7 Å². The summed E-state index contributed by atoms with van der Waals surface area (Å²) in [6.45, 7) is -0.140. The number of anilines is 1. The van der Waals surface area contributed by atoms with Crippen molar-refractivity contribution in [3.63, 3.8) is 0 Å². The first-order chi connectivity index (χ1) is 12.8. The molecule has 0 atom stereocenters. The zero-order chi connectivity index (χ0) is 20.0. The van der Waals surface area contributed by atoms with E-state index >= 15 is 0 Å². The molecule has 0 saturated heterocycles. The van der Waals surface area contributed by atoms with Crippen LogP contribution in [0, 0.1) is 0 Å². The van der Waals surface area contributed by atoms with Crippen LogP contribution in [-0.4, -0.2) is 44.5 Å². The first-order valence-corrected chi connectivity index (χ1v) is 8.80. The molecule has 0 spiro atoms. The van der Waals surface area contributed by atoms with Crippen molar-refractivity contribution < 1.29 is 19.1 Å². The highest BCUT2D eigenvalue weighted by Gasteiger charge is 2.17. The van der Waals surface area contributed by atoms with Gasteiger partial charge in [0.1, 0.15) is 11.5 Å². The van der Waals surface area contributed by atoms with Gasteiger partial charge >= 0.3 is 0 Å². The van der Waals surface area contributed by atoms with Crippen LogP contribution in [0.15, 0.2) is 36.4 Å². The molecule has 2 amide bonds. The van der Waals surface area contributed by atoms with Gasteiger partial charge in [-0.25, -0.2) is 0 Å². The molecular formula is C19H20Cl2N2O4.